The third-order valence-electron chi connectivity index (χ3n) is 4.12. The summed E-state index contributed by atoms with van der Waals surface area (Å²) in [6, 6.07) is 0. The zero-order valence-corrected chi connectivity index (χ0v) is 12.2. The van der Waals surface area contributed by atoms with Gasteiger partial charge in [-0.3, -0.25) is 0 Å². The SMILES string of the molecule is Cc1c(C)c(C)c(CN2C=CSC2)c(C)c1C. The molecule has 0 bridgehead atoms. The maximum Gasteiger partial charge on any atom is 0.0678 e. The van der Waals surface area contributed by atoms with Crippen LogP contribution >= 0.6 is 11.8 Å². The summed E-state index contributed by atoms with van der Waals surface area (Å²) in [5, 5.41) is 2.18. The molecule has 0 N–H and O–H groups in total. The highest BCUT2D eigenvalue weighted by molar-refractivity contribution is 8.02. The average molecular weight is 247 g/mol. The highest BCUT2D eigenvalue weighted by Gasteiger charge is 2.14. The topological polar surface area (TPSA) is 3.24 Å². The number of hydrogen-bond acceptors (Lipinski definition) is 2. The van der Waals surface area contributed by atoms with E-state index in [-0.39, 0.29) is 0 Å². The van der Waals surface area contributed by atoms with Crippen LogP contribution in [-0.4, -0.2) is 10.8 Å². The van der Waals surface area contributed by atoms with Crippen molar-refractivity contribution in [3.63, 3.8) is 0 Å². The molecule has 0 aromatic heterocycles. The molecule has 1 heterocycles. The van der Waals surface area contributed by atoms with Crippen molar-refractivity contribution in [3.8, 4) is 0 Å². The zero-order chi connectivity index (χ0) is 12.6. The van der Waals surface area contributed by atoms with Crippen LogP contribution in [0.5, 0.6) is 0 Å². The van der Waals surface area contributed by atoms with Gasteiger partial charge in [0.2, 0.25) is 0 Å². The minimum Gasteiger partial charge on any atom is -0.363 e. The molecule has 0 fully saturated rings. The first-order valence-electron chi connectivity index (χ1n) is 6.10. The third kappa shape index (κ3) is 2.23. The fourth-order valence-electron chi connectivity index (χ4n) is 2.43. The van der Waals surface area contributed by atoms with Gasteiger partial charge < -0.3 is 4.90 Å². The molecule has 1 aromatic rings. The summed E-state index contributed by atoms with van der Waals surface area (Å²) in [6.07, 6.45) is 2.20. The molecular formula is C15H21NS. The van der Waals surface area contributed by atoms with Crippen molar-refractivity contribution in [2.45, 2.75) is 41.2 Å². The van der Waals surface area contributed by atoms with Gasteiger partial charge in [-0.05, 0) is 73.4 Å². The molecule has 0 spiro atoms. The molecule has 92 valence electrons. The van der Waals surface area contributed by atoms with E-state index in [1.807, 2.05) is 11.8 Å². The molecule has 17 heavy (non-hydrogen) atoms. The van der Waals surface area contributed by atoms with E-state index in [0.29, 0.717) is 0 Å². The smallest absolute Gasteiger partial charge is 0.0678 e. The Balaban J connectivity index is 2.42. The number of rotatable bonds is 2. The fourth-order valence-corrected chi connectivity index (χ4v) is 3.14. The number of nitrogens with zero attached hydrogens (tertiary/aromatic N) is 1. The van der Waals surface area contributed by atoms with Crippen LogP contribution < -0.4 is 0 Å². The Morgan fingerprint density at radius 2 is 1.47 bits per heavy atom. The quantitative estimate of drug-likeness (QED) is 0.770. The lowest BCUT2D eigenvalue weighted by molar-refractivity contribution is 0.438. The van der Waals surface area contributed by atoms with E-state index in [1.165, 1.54) is 33.4 Å². The van der Waals surface area contributed by atoms with Crippen LogP contribution in [0.2, 0.25) is 0 Å². The van der Waals surface area contributed by atoms with Gasteiger partial charge >= 0.3 is 0 Å². The zero-order valence-electron chi connectivity index (χ0n) is 11.4. The summed E-state index contributed by atoms with van der Waals surface area (Å²) >= 11 is 1.87. The number of thioether (sulfide) groups is 1. The molecule has 0 saturated carbocycles. The van der Waals surface area contributed by atoms with E-state index in [4.69, 9.17) is 0 Å². The summed E-state index contributed by atoms with van der Waals surface area (Å²) in [7, 11) is 0. The molecular weight excluding hydrogens is 226 g/mol. The highest BCUT2D eigenvalue weighted by atomic mass is 32.2. The van der Waals surface area contributed by atoms with E-state index in [0.717, 1.165) is 12.4 Å². The van der Waals surface area contributed by atoms with E-state index in [2.05, 4.69) is 51.1 Å². The predicted octanol–water partition coefficient (Wildman–Crippen LogP) is 4.21. The largest absolute Gasteiger partial charge is 0.363 e. The maximum absolute atomic E-state index is 2.38. The van der Waals surface area contributed by atoms with Crippen molar-refractivity contribution in [1.82, 2.24) is 4.90 Å². The van der Waals surface area contributed by atoms with Crippen LogP contribution in [0.1, 0.15) is 33.4 Å². The van der Waals surface area contributed by atoms with E-state index < -0.39 is 0 Å². The normalized spacial score (nSPS) is 14.8. The van der Waals surface area contributed by atoms with Crippen LogP contribution in [0.15, 0.2) is 11.6 Å². The molecule has 1 aliphatic rings. The van der Waals surface area contributed by atoms with Crippen molar-refractivity contribution in [3.05, 3.63) is 45.0 Å². The van der Waals surface area contributed by atoms with Gasteiger partial charge in [0.1, 0.15) is 0 Å². The second kappa shape index (κ2) is 4.77. The first-order valence-corrected chi connectivity index (χ1v) is 7.15. The van der Waals surface area contributed by atoms with Gasteiger partial charge in [0, 0.05) is 12.7 Å². The first-order chi connectivity index (χ1) is 8.02. The van der Waals surface area contributed by atoms with Crippen molar-refractivity contribution in [1.29, 1.82) is 0 Å². The third-order valence-corrected chi connectivity index (χ3v) is 4.92. The maximum atomic E-state index is 2.38. The van der Waals surface area contributed by atoms with Crippen LogP contribution in [0.25, 0.3) is 0 Å². The molecule has 1 aliphatic heterocycles. The summed E-state index contributed by atoms with van der Waals surface area (Å²) in [5.74, 6) is 1.09. The molecule has 1 aromatic carbocycles. The lowest BCUT2D eigenvalue weighted by Gasteiger charge is -2.22. The molecule has 0 unspecified atom stereocenters. The molecule has 0 amide bonds. The number of benzene rings is 1. The molecule has 2 heteroatoms. The van der Waals surface area contributed by atoms with Crippen molar-refractivity contribution < 1.29 is 0 Å². The van der Waals surface area contributed by atoms with Crippen molar-refractivity contribution in [2.75, 3.05) is 5.88 Å². The molecule has 0 atom stereocenters. The van der Waals surface area contributed by atoms with Crippen molar-refractivity contribution >= 4 is 11.8 Å². The Hall–Kier alpha value is -0.890. The molecule has 0 aliphatic carbocycles. The number of hydrogen-bond donors (Lipinski definition) is 0. The summed E-state index contributed by atoms with van der Waals surface area (Å²) < 4.78 is 0. The summed E-state index contributed by atoms with van der Waals surface area (Å²) in [4.78, 5) is 2.38. The monoisotopic (exact) mass is 247 g/mol. The van der Waals surface area contributed by atoms with Crippen LogP contribution in [0, 0.1) is 34.6 Å². The van der Waals surface area contributed by atoms with Gasteiger partial charge in [-0.2, -0.15) is 0 Å². The standard InChI is InChI=1S/C15H21NS/c1-10-11(2)13(4)15(14(5)12(10)3)8-16-6-7-17-9-16/h6-7H,8-9H2,1-5H3. The van der Waals surface area contributed by atoms with E-state index in [1.54, 1.807) is 0 Å². The van der Waals surface area contributed by atoms with Gasteiger partial charge in [-0.15, -0.1) is 11.8 Å². The lowest BCUT2D eigenvalue weighted by Crippen LogP contribution is -2.16. The van der Waals surface area contributed by atoms with Gasteiger partial charge in [-0.25, -0.2) is 0 Å². The Morgan fingerprint density at radius 3 is 1.94 bits per heavy atom. The van der Waals surface area contributed by atoms with Gasteiger partial charge in [0.05, 0.1) is 5.88 Å². The van der Waals surface area contributed by atoms with Gasteiger partial charge in [0.25, 0.3) is 0 Å². The minimum absolute atomic E-state index is 1.04. The Morgan fingerprint density at radius 1 is 0.941 bits per heavy atom. The molecule has 1 nitrogen and oxygen atoms in total. The Bertz CT molecular complexity index is 445. The lowest BCUT2D eigenvalue weighted by atomic mass is 9.89. The predicted molar refractivity (Wildman–Crippen MR) is 77.3 cm³/mol. The van der Waals surface area contributed by atoms with E-state index in [9.17, 15) is 0 Å². The van der Waals surface area contributed by atoms with Crippen LogP contribution in [0.4, 0.5) is 0 Å². The highest BCUT2D eigenvalue weighted by Crippen LogP contribution is 2.28. The summed E-state index contributed by atoms with van der Waals surface area (Å²) in [5.41, 5.74) is 8.82. The molecule has 0 saturated heterocycles. The second-order valence-electron chi connectivity index (χ2n) is 4.93. The molecule has 2 rings (SSSR count). The van der Waals surface area contributed by atoms with Crippen molar-refractivity contribution in [2.24, 2.45) is 0 Å². The fraction of sp³-hybridized carbons (Fsp3) is 0.467. The summed E-state index contributed by atoms with van der Waals surface area (Å²) in [6.45, 7) is 12.3. The minimum atomic E-state index is 1.04. The molecule has 0 radical (unpaired) electrons. The Kier molecular flexibility index (Phi) is 3.53. The first kappa shape index (κ1) is 12.6. The Labute approximate surface area is 109 Å². The van der Waals surface area contributed by atoms with Crippen LogP contribution in [0.3, 0.4) is 0 Å². The van der Waals surface area contributed by atoms with Gasteiger partial charge in [-0.1, -0.05) is 0 Å². The average Bonchev–Trinajstić information content (AvgIpc) is 2.82. The van der Waals surface area contributed by atoms with Gasteiger partial charge in [0.15, 0.2) is 0 Å². The van der Waals surface area contributed by atoms with E-state index >= 15 is 0 Å². The van der Waals surface area contributed by atoms with Crippen LogP contribution in [-0.2, 0) is 6.54 Å². The second-order valence-corrected chi connectivity index (χ2v) is 5.80.